The Bertz CT molecular complexity index is 466. The predicted molar refractivity (Wildman–Crippen MR) is 62.8 cm³/mol. The van der Waals surface area contributed by atoms with Crippen LogP contribution < -0.4 is 5.32 Å². The first-order chi connectivity index (χ1) is 7.77. The first kappa shape index (κ1) is 10.4. The van der Waals surface area contributed by atoms with Gasteiger partial charge in [0, 0.05) is 11.8 Å². The number of allylic oxidation sites excluding steroid dienone is 4. The lowest BCUT2D eigenvalue weighted by molar-refractivity contribution is -0.112. The van der Waals surface area contributed by atoms with Gasteiger partial charge in [-0.2, -0.15) is 5.10 Å². The van der Waals surface area contributed by atoms with Gasteiger partial charge in [0.15, 0.2) is 0 Å². The van der Waals surface area contributed by atoms with Crippen LogP contribution in [0.4, 0.5) is 5.69 Å². The third-order valence-electron chi connectivity index (χ3n) is 2.38. The molecule has 0 fully saturated rings. The second-order valence-electron chi connectivity index (χ2n) is 3.57. The van der Waals surface area contributed by atoms with Crippen LogP contribution in [0.3, 0.4) is 0 Å². The zero-order valence-corrected chi connectivity index (χ0v) is 9.03. The van der Waals surface area contributed by atoms with Crippen molar-refractivity contribution in [1.82, 2.24) is 10.2 Å². The second-order valence-corrected chi connectivity index (χ2v) is 3.57. The molecule has 1 amide bonds. The summed E-state index contributed by atoms with van der Waals surface area (Å²) in [6, 6.07) is 0. The molecule has 2 rings (SSSR count). The molecule has 0 radical (unpaired) electrons. The molecule has 1 aromatic heterocycles. The number of nitrogens with one attached hydrogen (secondary N) is 2. The number of hydrogen-bond donors (Lipinski definition) is 2. The summed E-state index contributed by atoms with van der Waals surface area (Å²) in [4.78, 5) is 11.9. The standard InChI is InChI=1S/C12H13N3O/c1-9-5-3-2-4-6-11(9)12(16)15-10-7-13-14-8-10/h2,4-8H,3H2,1H3,(H,13,14)(H,15,16). The van der Waals surface area contributed by atoms with Crippen molar-refractivity contribution in [3.05, 3.63) is 47.8 Å². The van der Waals surface area contributed by atoms with Crippen molar-refractivity contribution in [2.24, 2.45) is 0 Å². The first-order valence-corrected chi connectivity index (χ1v) is 5.11. The normalized spacial score (nSPS) is 15.1. The van der Waals surface area contributed by atoms with Gasteiger partial charge >= 0.3 is 0 Å². The largest absolute Gasteiger partial charge is 0.319 e. The summed E-state index contributed by atoms with van der Waals surface area (Å²) < 4.78 is 0. The predicted octanol–water partition coefficient (Wildman–Crippen LogP) is 2.18. The van der Waals surface area contributed by atoms with E-state index in [0.717, 1.165) is 12.0 Å². The van der Waals surface area contributed by atoms with Gasteiger partial charge in [0.1, 0.15) is 0 Å². The fourth-order valence-electron chi connectivity index (χ4n) is 1.50. The topological polar surface area (TPSA) is 57.8 Å². The molecule has 0 aliphatic heterocycles. The van der Waals surface area contributed by atoms with E-state index in [9.17, 15) is 4.79 Å². The monoisotopic (exact) mass is 215 g/mol. The van der Waals surface area contributed by atoms with E-state index < -0.39 is 0 Å². The number of carbonyl (C=O) groups excluding carboxylic acids is 1. The van der Waals surface area contributed by atoms with E-state index in [-0.39, 0.29) is 5.91 Å². The van der Waals surface area contributed by atoms with E-state index in [2.05, 4.69) is 15.5 Å². The molecule has 4 heteroatoms. The van der Waals surface area contributed by atoms with Gasteiger partial charge in [0.2, 0.25) is 0 Å². The van der Waals surface area contributed by atoms with Gasteiger partial charge in [-0.1, -0.05) is 18.2 Å². The Balaban J connectivity index is 2.15. The molecule has 0 saturated carbocycles. The molecule has 0 spiro atoms. The van der Waals surface area contributed by atoms with Crippen LogP contribution in [0, 0.1) is 0 Å². The van der Waals surface area contributed by atoms with Crippen molar-refractivity contribution in [1.29, 1.82) is 0 Å². The molecule has 82 valence electrons. The molecule has 0 atom stereocenters. The minimum absolute atomic E-state index is 0.110. The molecular weight excluding hydrogens is 202 g/mol. The van der Waals surface area contributed by atoms with E-state index in [0.29, 0.717) is 11.3 Å². The lowest BCUT2D eigenvalue weighted by atomic mass is 10.1. The van der Waals surface area contributed by atoms with E-state index in [1.54, 1.807) is 12.4 Å². The number of H-pyrrole nitrogens is 1. The molecule has 1 aromatic rings. The third kappa shape index (κ3) is 2.28. The summed E-state index contributed by atoms with van der Waals surface area (Å²) >= 11 is 0. The Morgan fingerprint density at radius 1 is 1.56 bits per heavy atom. The summed E-state index contributed by atoms with van der Waals surface area (Å²) in [5.41, 5.74) is 2.35. The average molecular weight is 215 g/mol. The maximum atomic E-state index is 11.9. The molecule has 0 unspecified atom stereocenters. The average Bonchev–Trinajstić information content (AvgIpc) is 2.66. The van der Waals surface area contributed by atoms with Gasteiger partial charge in [-0.3, -0.25) is 9.89 Å². The van der Waals surface area contributed by atoms with Crippen LogP contribution in [0.2, 0.25) is 0 Å². The van der Waals surface area contributed by atoms with E-state index in [4.69, 9.17) is 0 Å². The van der Waals surface area contributed by atoms with E-state index in [1.807, 2.05) is 31.2 Å². The van der Waals surface area contributed by atoms with Crippen LogP contribution in [0.1, 0.15) is 13.3 Å². The Morgan fingerprint density at radius 3 is 3.19 bits per heavy atom. The second kappa shape index (κ2) is 4.61. The number of hydrogen-bond acceptors (Lipinski definition) is 2. The van der Waals surface area contributed by atoms with Crippen molar-refractivity contribution in [3.8, 4) is 0 Å². The SMILES string of the molecule is CC1=CCC=CC=C1C(=O)Nc1cn[nH]c1. The Kier molecular flexibility index (Phi) is 3.00. The van der Waals surface area contributed by atoms with Gasteiger partial charge in [-0.25, -0.2) is 0 Å². The van der Waals surface area contributed by atoms with Gasteiger partial charge in [-0.15, -0.1) is 0 Å². The Labute approximate surface area is 93.7 Å². The number of aromatic amines is 1. The summed E-state index contributed by atoms with van der Waals surface area (Å²) in [5.74, 6) is -0.110. The quantitative estimate of drug-likeness (QED) is 0.794. The minimum Gasteiger partial charge on any atom is -0.319 e. The maximum Gasteiger partial charge on any atom is 0.256 e. The van der Waals surface area contributed by atoms with Crippen LogP contribution in [-0.4, -0.2) is 16.1 Å². The van der Waals surface area contributed by atoms with Gasteiger partial charge in [-0.05, 0) is 25.0 Å². The van der Waals surface area contributed by atoms with Crippen LogP contribution in [0.25, 0.3) is 0 Å². The molecule has 2 N–H and O–H groups in total. The smallest absolute Gasteiger partial charge is 0.256 e. The third-order valence-corrected chi connectivity index (χ3v) is 2.38. The Hall–Kier alpha value is -2.10. The Morgan fingerprint density at radius 2 is 2.44 bits per heavy atom. The van der Waals surface area contributed by atoms with Crippen LogP contribution in [-0.2, 0) is 4.79 Å². The van der Waals surface area contributed by atoms with Crippen molar-refractivity contribution >= 4 is 11.6 Å². The van der Waals surface area contributed by atoms with Crippen molar-refractivity contribution in [3.63, 3.8) is 0 Å². The van der Waals surface area contributed by atoms with E-state index >= 15 is 0 Å². The molecule has 0 aromatic carbocycles. The van der Waals surface area contributed by atoms with Crippen molar-refractivity contribution in [2.75, 3.05) is 5.32 Å². The molecule has 1 heterocycles. The number of nitrogens with zero attached hydrogens (tertiary/aromatic N) is 1. The summed E-state index contributed by atoms with van der Waals surface area (Å²) in [7, 11) is 0. The lowest BCUT2D eigenvalue weighted by Gasteiger charge is -2.06. The number of anilines is 1. The number of amides is 1. The van der Waals surface area contributed by atoms with Crippen LogP contribution in [0.15, 0.2) is 47.8 Å². The molecule has 16 heavy (non-hydrogen) atoms. The maximum absolute atomic E-state index is 11.9. The molecule has 1 aliphatic rings. The summed E-state index contributed by atoms with van der Waals surface area (Å²) in [6.07, 6.45) is 11.9. The van der Waals surface area contributed by atoms with E-state index in [1.165, 1.54) is 0 Å². The van der Waals surface area contributed by atoms with Crippen LogP contribution in [0.5, 0.6) is 0 Å². The highest BCUT2D eigenvalue weighted by Crippen LogP contribution is 2.16. The summed E-state index contributed by atoms with van der Waals surface area (Å²) in [5, 5.41) is 9.19. The molecule has 0 bridgehead atoms. The first-order valence-electron chi connectivity index (χ1n) is 5.11. The highest BCUT2D eigenvalue weighted by molar-refractivity contribution is 6.06. The zero-order chi connectivity index (χ0) is 11.4. The van der Waals surface area contributed by atoms with Gasteiger partial charge in [0.05, 0.1) is 11.9 Å². The molecule has 1 aliphatic carbocycles. The van der Waals surface area contributed by atoms with Gasteiger partial charge < -0.3 is 5.32 Å². The minimum atomic E-state index is -0.110. The van der Waals surface area contributed by atoms with Crippen molar-refractivity contribution in [2.45, 2.75) is 13.3 Å². The van der Waals surface area contributed by atoms with Crippen molar-refractivity contribution < 1.29 is 4.79 Å². The number of aromatic nitrogens is 2. The molecule has 4 nitrogen and oxygen atoms in total. The number of rotatable bonds is 2. The summed E-state index contributed by atoms with van der Waals surface area (Å²) in [6.45, 7) is 1.94. The number of carbonyl (C=O) groups is 1. The van der Waals surface area contributed by atoms with Crippen LogP contribution >= 0.6 is 0 Å². The molecule has 0 saturated heterocycles. The highest BCUT2D eigenvalue weighted by Gasteiger charge is 2.11. The fourth-order valence-corrected chi connectivity index (χ4v) is 1.50. The lowest BCUT2D eigenvalue weighted by Crippen LogP contribution is -2.14. The molecular formula is C12H13N3O. The zero-order valence-electron chi connectivity index (χ0n) is 9.03. The highest BCUT2D eigenvalue weighted by atomic mass is 16.1. The fraction of sp³-hybridized carbons (Fsp3) is 0.167. The van der Waals surface area contributed by atoms with Gasteiger partial charge in [0.25, 0.3) is 5.91 Å².